The van der Waals surface area contributed by atoms with Crippen LogP contribution in [0, 0.1) is 0 Å². The SMILES string of the molecule is CC(C)NCc1ccc(Sc2ccncn2)cc1. The lowest BCUT2D eigenvalue weighted by Crippen LogP contribution is -2.21. The Morgan fingerprint density at radius 3 is 2.56 bits per heavy atom. The Hall–Kier alpha value is -1.39. The Labute approximate surface area is 112 Å². The molecule has 1 aromatic carbocycles. The van der Waals surface area contributed by atoms with Gasteiger partial charge in [0.2, 0.25) is 0 Å². The average molecular weight is 259 g/mol. The van der Waals surface area contributed by atoms with E-state index in [1.54, 1.807) is 24.3 Å². The molecule has 0 aliphatic heterocycles. The van der Waals surface area contributed by atoms with Gasteiger partial charge in [-0.05, 0) is 23.8 Å². The van der Waals surface area contributed by atoms with Gasteiger partial charge in [0.25, 0.3) is 0 Å². The summed E-state index contributed by atoms with van der Waals surface area (Å²) in [4.78, 5) is 9.30. The van der Waals surface area contributed by atoms with Crippen LogP contribution in [0.1, 0.15) is 19.4 Å². The van der Waals surface area contributed by atoms with Crippen LogP contribution in [0.15, 0.2) is 52.8 Å². The summed E-state index contributed by atoms with van der Waals surface area (Å²) in [7, 11) is 0. The van der Waals surface area contributed by atoms with E-state index in [0.29, 0.717) is 6.04 Å². The maximum Gasteiger partial charge on any atom is 0.116 e. The van der Waals surface area contributed by atoms with Crippen LogP contribution in [-0.2, 0) is 6.54 Å². The number of aromatic nitrogens is 2. The van der Waals surface area contributed by atoms with E-state index in [0.717, 1.165) is 11.6 Å². The van der Waals surface area contributed by atoms with Crippen LogP contribution in [0.2, 0.25) is 0 Å². The van der Waals surface area contributed by atoms with E-state index in [9.17, 15) is 0 Å². The zero-order valence-corrected chi connectivity index (χ0v) is 11.4. The van der Waals surface area contributed by atoms with Gasteiger partial charge in [-0.2, -0.15) is 0 Å². The summed E-state index contributed by atoms with van der Waals surface area (Å²) >= 11 is 1.65. The quantitative estimate of drug-likeness (QED) is 0.837. The predicted molar refractivity (Wildman–Crippen MR) is 74.6 cm³/mol. The maximum atomic E-state index is 4.20. The Morgan fingerprint density at radius 2 is 1.94 bits per heavy atom. The van der Waals surface area contributed by atoms with Crippen molar-refractivity contribution in [1.82, 2.24) is 15.3 Å². The van der Waals surface area contributed by atoms with Gasteiger partial charge >= 0.3 is 0 Å². The molecule has 0 fully saturated rings. The molecule has 0 atom stereocenters. The van der Waals surface area contributed by atoms with Crippen molar-refractivity contribution in [2.24, 2.45) is 0 Å². The zero-order chi connectivity index (χ0) is 12.8. The van der Waals surface area contributed by atoms with Crippen LogP contribution in [0.4, 0.5) is 0 Å². The highest BCUT2D eigenvalue weighted by atomic mass is 32.2. The number of hydrogen-bond donors (Lipinski definition) is 1. The number of rotatable bonds is 5. The molecular weight excluding hydrogens is 242 g/mol. The van der Waals surface area contributed by atoms with Gasteiger partial charge in [0.1, 0.15) is 11.4 Å². The Kier molecular flexibility index (Phi) is 4.73. The van der Waals surface area contributed by atoms with Crippen LogP contribution in [0.5, 0.6) is 0 Å². The molecule has 0 aliphatic rings. The fourth-order valence-corrected chi connectivity index (χ4v) is 2.20. The van der Waals surface area contributed by atoms with Crippen LogP contribution in [0.3, 0.4) is 0 Å². The lowest BCUT2D eigenvalue weighted by molar-refractivity contribution is 0.588. The second-order valence-corrected chi connectivity index (χ2v) is 5.42. The summed E-state index contributed by atoms with van der Waals surface area (Å²) in [5, 5.41) is 4.37. The third-order valence-electron chi connectivity index (χ3n) is 2.42. The van der Waals surface area contributed by atoms with E-state index in [1.165, 1.54) is 10.5 Å². The van der Waals surface area contributed by atoms with Crippen molar-refractivity contribution in [2.45, 2.75) is 36.4 Å². The summed E-state index contributed by atoms with van der Waals surface area (Å²) in [5.74, 6) is 0. The molecule has 0 saturated heterocycles. The standard InChI is InChI=1S/C14H17N3S/c1-11(2)16-9-12-3-5-13(6-4-12)18-14-7-8-15-10-17-14/h3-8,10-11,16H,9H2,1-2H3. The third kappa shape index (κ3) is 4.13. The number of nitrogens with one attached hydrogen (secondary N) is 1. The van der Waals surface area contributed by atoms with Crippen LogP contribution in [-0.4, -0.2) is 16.0 Å². The van der Waals surface area contributed by atoms with Crippen molar-refractivity contribution >= 4 is 11.8 Å². The van der Waals surface area contributed by atoms with E-state index in [-0.39, 0.29) is 0 Å². The minimum absolute atomic E-state index is 0.514. The first-order chi connectivity index (χ1) is 8.74. The second-order valence-electron chi connectivity index (χ2n) is 4.33. The van der Waals surface area contributed by atoms with Gasteiger partial charge in [-0.3, -0.25) is 0 Å². The first-order valence-electron chi connectivity index (χ1n) is 6.00. The second kappa shape index (κ2) is 6.52. The maximum absolute atomic E-state index is 4.20. The number of nitrogens with zero attached hydrogens (tertiary/aromatic N) is 2. The van der Waals surface area contributed by atoms with E-state index in [2.05, 4.69) is 53.4 Å². The van der Waals surface area contributed by atoms with E-state index >= 15 is 0 Å². The zero-order valence-electron chi connectivity index (χ0n) is 10.6. The van der Waals surface area contributed by atoms with Gasteiger partial charge in [-0.15, -0.1) is 0 Å². The molecule has 0 saturated carbocycles. The molecule has 2 aromatic rings. The molecule has 3 nitrogen and oxygen atoms in total. The van der Waals surface area contributed by atoms with Crippen molar-refractivity contribution in [3.63, 3.8) is 0 Å². The lowest BCUT2D eigenvalue weighted by atomic mass is 10.2. The Balaban J connectivity index is 1.95. The highest BCUT2D eigenvalue weighted by Crippen LogP contribution is 2.25. The summed E-state index contributed by atoms with van der Waals surface area (Å²) in [6, 6.07) is 11.0. The molecule has 1 N–H and O–H groups in total. The topological polar surface area (TPSA) is 37.8 Å². The van der Waals surface area contributed by atoms with Crippen molar-refractivity contribution in [3.8, 4) is 0 Å². The fraction of sp³-hybridized carbons (Fsp3) is 0.286. The molecule has 18 heavy (non-hydrogen) atoms. The van der Waals surface area contributed by atoms with Crippen LogP contribution >= 0.6 is 11.8 Å². The minimum Gasteiger partial charge on any atom is -0.310 e. The molecule has 0 bridgehead atoms. The van der Waals surface area contributed by atoms with Crippen molar-refractivity contribution in [2.75, 3.05) is 0 Å². The van der Waals surface area contributed by atoms with Crippen molar-refractivity contribution in [3.05, 3.63) is 48.4 Å². The summed E-state index contributed by atoms with van der Waals surface area (Å²) < 4.78 is 0. The van der Waals surface area contributed by atoms with E-state index in [1.807, 2.05) is 6.07 Å². The molecule has 0 radical (unpaired) electrons. The van der Waals surface area contributed by atoms with Gasteiger partial charge in [-0.25, -0.2) is 9.97 Å². The molecule has 1 heterocycles. The van der Waals surface area contributed by atoms with E-state index in [4.69, 9.17) is 0 Å². The van der Waals surface area contributed by atoms with Crippen molar-refractivity contribution < 1.29 is 0 Å². The highest BCUT2D eigenvalue weighted by Gasteiger charge is 1.99. The minimum atomic E-state index is 0.514. The highest BCUT2D eigenvalue weighted by molar-refractivity contribution is 7.99. The van der Waals surface area contributed by atoms with Gasteiger partial charge in [0.15, 0.2) is 0 Å². The van der Waals surface area contributed by atoms with Gasteiger partial charge in [-0.1, -0.05) is 37.7 Å². The van der Waals surface area contributed by atoms with Crippen LogP contribution < -0.4 is 5.32 Å². The smallest absolute Gasteiger partial charge is 0.116 e. The molecule has 0 amide bonds. The summed E-state index contributed by atoms with van der Waals surface area (Å²) in [6.07, 6.45) is 3.33. The first kappa shape index (κ1) is 13.1. The lowest BCUT2D eigenvalue weighted by Gasteiger charge is -2.08. The molecule has 0 unspecified atom stereocenters. The van der Waals surface area contributed by atoms with E-state index < -0.39 is 0 Å². The van der Waals surface area contributed by atoms with Crippen LogP contribution in [0.25, 0.3) is 0 Å². The molecule has 0 aliphatic carbocycles. The Morgan fingerprint density at radius 1 is 1.17 bits per heavy atom. The first-order valence-corrected chi connectivity index (χ1v) is 6.82. The fourth-order valence-electron chi connectivity index (χ4n) is 1.46. The number of benzene rings is 1. The van der Waals surface area contributed by atoms with Crippen molar-refractivity contribution in [1.29, 1.82) is 0 Å². The molecule has 2 rings (SSSR count). The largest absolute Gasteiger partial charge is 0.310 e. The number of hydrogen-bond acceptors (Lipinski definition) is 4. The summed E-state index contributed by atoms with van der Waals surface area (Å²) in [6.45, 7) is 5.22. The molecular formula is C14H17N3S. The molecule has 1 aromatic heterocycles. The predicted octanol–water partition coefficient (Wildman–Crippen LogP) is 3.13. The van der Waals surface area contributed by atoms with Gasteiger partial charge in [0.05, 0.1) is 0 Å². The molecule has 4 heteroatoms. The Bertz CT molecular complexity index is 468. The third-order valence-corrected chi connectivity index (χ3v) is 3.37. The molecule has 94 valence electrons. The molecule has 0 spiro atoms. The monoisotopic (exact) mass is 259 g/mol. The van der Waals surface area contributed by atoms with Gasteiger partial charge in [0, 0.05) is 23.7 Å². The summed E-state index contributed by atoms with van der Waals surface area (Å²) in [5.41, 5.74) is 1.30. The van der Waals surface area contributed by atoms with Gasteiger partial charge < -0.3 is 5.32 Å². The normalized spacial score (nSPS) is 10.8. The average Bonchev–Trinajstić information content (AvgIpc) is 2.39.